The lowest BCUT2D eigenvalue weighted by Crippen LogP contribution is -2.40. The fourth-order valence-electron chi connectivity index (χ4n) is 2.09. The molecule has 2 amide bonds. The normalized spacial score (nSPS) is 15.1. The first-order valence-electron chi connectivity index (χ1n) is 7.27. The van der Waals surface area contributed by atoms with Crippen LogP contribution < -0.4 is 21.9 Å². The van der Waals surface area contributed by atoms with E-state index in [0.717, 1.165) is 25.8 Å². The number of amides is 2. The van der Waals surface area contributed by atoms with Crippen molar-refractivity contribution in [3.05, 3.63) is 27.0 Å². The molecule has 23 heavy (non-hydrogen) atoms. The summed E-state index contributed by atoms with van der Waals surface area (Å²) in [6.07, 6.45) is 1.74. The van der Waals surface area contributed by atoms with Crippen LogP contribution in [0.5, 0.6) is 0 Å². The topological polar surface area (TPSA) is 136 Å². The number of anilines is 1. The number of nitrogens with zero attached hydrogens (tertiary/aromatic N) is 1. The Hall–Kier alpha value is -2.46. The molecule has 10 heteroatoms. The third-order valence-electron chi connectivity index (χ3n) is 3.31. The minimum atomic E-state index is -0.964. The van der Waals surface area contributed by atoms with E-state index in [1.165, 1.54) is 0 Å². The SMILES string of the molecule is O=C(NCCCN1CCOCC1)C(=O)Nc1c[nH]c(=O)[nH]c1=O. The lowest BCUT2D eigenvalue weighted by atomic mass is 10.3. The molecular weight excluding hydrogens is 306 g/mol. The van der Waals surface area contributed by atoms with Gasteiger partial charge in [-0.25, -0.2) is 4.79 Å². The van der Waals surface area contributed by atoms with E-state index in [9.17, 15) is 19.2 Å². The minimum Gasteiger partial charge on any atom is -0.379 e. The first-order chi connectivity index (χ1) is 11.1. The molecule has 4 N–H and O–H groups in total. The fourth-order valence-corrected chi connectivity index (χ4v) is 2.09. The van der Waals surface area contributed by atoms with E-state index in [1.807, 2.05) is 4.98 Å². The van der Waals surface area contributed by atoms with Gasteiger partial charge in [-0.1, -0.05) is 0 Å². The molecule has 2 heterocycles. The van der Waals surface area contributed by atoms with Crippen molar-refractivity contribution in [2.45, 2.75) is 6.42 Å². The van der Waals surface area contributed by atoms with Crippen molar-refractivity contribution in [1.82, 2.24) is 20.2 Å². The molecule has 0 aliphatic carbocycles. The molecular formula is C13H19N5O5. The molecule has 0 radical (unpaired) electrons. The van der Waals surface area contributed by atoms with Crippen LogP contribution in [0.25, 0.3) is 0 Å². The molecule has 0 saturated carbocycles. The van der Waals surface area contributed by atoms with E-state index >= 15 is 0 Å². The average molecular weight is 325 g/mol. The lowest BCUT2D eigenvalue weighted by Gasteiger charge is -2.26. The minimum absolute atomic E-state index is 0.196. The summed E-state index contributed by atoms with van der Waals surface area (Å²) in [5, 5.41) is 4.62. The fraction of sp³-hybridized carbons (Fsp3) is 0.538. The Morgan fingerprint density at radius 1 is 1.22 bits per heavy atom. The number of nitrogens with one attached hydrogen (secondary N) is 4. The lowest BCUT2D eigenvalue weighted by molar-refractivity contribution is -0.136. The van der Waals surface area contributed by atoms with Crippen molar-refractivity contribution in [2.24, 2.45) is 0 Å². The Morgan fingerprint density at radius 2 is 1.96 bits per heavy atom. The summed E-state index contributed by atoms with van der Waals surface area (Å²) >= 11 is 0. The highest BCUT2D eigenvalue weighted by molar-refractivity contribution is 6.39. The second kappa shape index (κ2) is 8.25. The molecule has 0 unspecified atom stereocenters. The molecule has 1 aliphatic rings. The average Bonchev–Trinajstić information content (AvgIpc) is 2.55. The van der Waals surface area contributed by atoms with Crippen LogP contribution in [0.15, 0.2) is 15.8 Å². The predicted octanol–water partition coefficient (Wildman–Crippen LogP) is -2.16. The molecule has 0 aromatic carbocycles. The van der Waals surface area contributed by atoms with Crippen LogP contribution in [0.3, 0.4) is 0 Å². The number of aromatic nitrogens is 2. The van der Waals surface area contributed by atoms with Crippen LogP contribution in [-0.4, -0.2) is 66.1 Å². The highest BCUT2D eigenvalue weighted by Gasteiger charge is 2.15. The molecule has 0 spiro atoms. The Kier molecular flexibility index (Phi) is 6.06. The molecule has 1 aromatic heterocycles. The van der Waals surface area contributed by atoms with Gasteiger partial charge < -0.3 is 20.4 Å². The van der Waals surface area contributed by atoms with Crippen molar-refractivity contribution in [1.29, 1.82) is 0 Å². The van der Waals surface area contributed by atoms with Gasteiger partial charge in [-0.15, -0.1) is 0 Å². The molecule has 126 valence electrons. The summed E-state index contributed by atoms with van der Waals surface area (Å²) in [4.78, 5) is 51.9. The molecule has 1 aromatic rings. The first-order valence-corrected chi connectivity index (χ1v) is 7.27. The number of ether oxygens (including phenoxy) is 1. The van der Waals surface area contributed by atoms with Gasteiger partial charge in [0.15, 0.2) is 0 Å². The highest BCUT2D eigenvalue weighted by Crippen LogP contribution is 1.97. The number of aromatic amines is 2. The Balaban J connectivity index is 1.71. The van der Waals surface area contributed by atoms with Crippen LogP contribution in [0.1, 0.15) is 6.42 Å². The standard InChI is InChI=1S/C13H19N5O5/c19-10-9(8-15-13(22)17-10)16-12(21)11(20)14-2-1-3-18-4-6-23-7-5-18/h8H,1-7H2,(H,14,20)(H,16,21)(H2,15,17,19,22). The number of H-pyrrole nitrogens is 2. The van der Waals surface area contributed by atoms with Gasteiger partial charge in [0, 0.05) is 25.8 Å². The summed E-state index contributed by atoms with van der Waals surface area (Å²) < 4.78 is 5.23. The zero-order valence-corrected chi connectivity index (χ0v) is 12.5. The summed E-state index contributed by atoms with van der Waals surface area (Å²) in [6, 6.07) is 0. The Morgan fingerprint density at radius 3 is 2.65 bits per heavy atom. The second-order valence-corrected chi connectivity index (χ2v) is 5.00. The van der Waals surface area contributed by atoms with E-state index in [1.54, 1.807) is 0 Å². The Labute approximate surface area is 131 Å². The van der Waals surface area contributed by atoms with Crippen molar-refractivity contribution in [2.75, 3.05) is 44.7 Å². The summed E-state index contributed by atoms with van der Waals surface area (Å²) in [6.45, 7) is 4.31. The molecule has 2 rings (SSSR count). The predicted molar refractivity (Wildman–Crippen MR) is 81.2 cm³/mol. The number of hydrogen-bond acceptors (Lipinski definition) is 6. The molecule has 1 fully saturated rings. The maximum Gasteiger partial charge on any atom is 0.325 e. The Bertz CT molecular complexity index is 661. The number of hydrogen-bond donors (Lipinski definition) is 4. The summed E-state index contributed by atoms with van der Waals surface area (Å²) in [7, 11) is 0. The number of morpholine rings is 1. The van der Waals surface area contributed by atoms with Gasteiger partial charge in [0.1, 0.15) is 5.69 Å². The van der Waals surface area contributed by atoms with Crippen molar-refractivity contribution in [3.8, 4) is 0 Å². The zero-order valence-electron chi connectivity index (χ0n) is 12.5. The quantitative estimate of drug-likeness (QED) is 0.360. The van der Waals surface area contributed by atoms with Gasteiger partial charge in [-0.05, 0) is 13.0 Å². The maximum absolute atomic E-state index is 11.7. The van der Waals surface area contributed by atoms with Gasteiger partial charge in [0.05, 0.1) is 13.2 Å². The molecule has 0 atom stereocenters. The molecule has 1 aliphatic heterocycles. The summed E-state index contributed by atoms with van der Waals surface area (Å²) in [5.41, 5.74) is -1.67. The van der Waals surface area contributed by atoms with Gasteiger partial charge in [-0.3, -0.25) is 24.3 Å². The number of carbonyl (C=O) groups excluding carboxylic acids is 2. The highest BCUT2D eigenvalue weighted by atomic mass is 16.5. The van der Waals surface area contributed by atoms with E-state index in [-0.39, 0.29) is 5.69 Å². The van der Waals surface area contributed by atoms with Gasteiger partial charge in [-0.2, -0.15) is 0 Å². The smallest absolute Gasteiger partial charge is 0.325 e. The van der Waals surface area contributed by atoms with Crippen LogP contribution in [0.2, 0.25) is 0 Å². The van der Waals surface area contributed by atoms with Crippen LogP contribution in [-0.2, 0) is 14.3 Å². The maximum atomic E-state index is 11.7. The summed E-state index contributed by atoms with van der Waals surface area (Å²) in [5.74, 6) is -1.80. The zero-order chi connectivity index (χ0) is 16.7. The van der Waals surface area contributed by atoms with Crippen LogP contribution in [0, 0.1) is 0 Å². The van der Waals surface area contributed by atoms with Crippen molar-refractivity contribution in [3.63, 3.8) is 0 Å². The molecule has 10 nitrogen and oxygen atoms in total. The number of carbonyl (C=O) groups is 2. The van der Waals surface area contributed by atoms with Crippen molar-refractivity contribution < 1.29 is 14.3 Å². The van der Waals surface area contributed by atoms with Gasteiger partial charge >= 0.3 is 17.5 Å². The van der Waals surface area contributed by atoms with E-state index in [0.29, 0.717) is 26.2 Å². The van der Waals surface area contributed by atoms with Crippen LogP contribution >= 0.6 is 0 Å². The van der Waals surface area contributed by atoms with E-state index < -0.39 is 23.1 Å². The van der Waals surface area contributed by atoms with E-state index in [2.05, 4.69) is 20.5 Å². The van der Waals surface area contributed by atoms with Gasteiger partial charge in [0.25, 0.3) is 5.56 Å². The first kappa shape index (κ1) is 16.9. The third-order valence-corrected chi connectivity index (χ3v) is 3.31. The van der Waals surface area contributed by atoms with Crippen LogP contribution in [0.4, 0.5) is 5.69 Å². The van der Waals surface area contributed by atoms with Gasteiger partial charge in [0.2, 0.25) is 0 Å². The van der Waals surface area contributed by atoms with Crippen molar-refractivity contribution >= 4 is 17.5 Å². The third kappa shape index (κ3) is 5.34. The molecule has 1 saturated heterocycles. The second-order valence-electron chi connectivity index (χ2n) is 5.00. The monoisotopic (exact) mass is 325 g/mol. The van der Waals surface area contributed by atoms with E-state index in [4.69, 9.17) is 4.74 Å². The molecule has 0 bridgehead atoms. The largest absolute Gasteiger partial charge is 0.379 e. The number of rotatable bonds is 5.